The van der Waals surface area contributed by atoms with E-state index in [1.165, 1.54) is 0 Å². The standard InChI is InChI=1S/C13H11BrN2/c1-8(2)13-9(6-15)7-16-12-4-3-10(14)5-11(12)13/h3-5,7-8H,1-2H3. The van der Waals surface area contributed by atoms with Crippen LogP contribution < -0.4 is 0 Å². The molecule has 0 unspecified atom stereocenters. The van der Waals surface area contributed by atoms with E-state index in [0.717, 1.165) is 20.9 Å². The molecule has 16 heavy (non-hydrogen) atoms. The van der Waals surface area contributed by atoms with Crippen molar-refractivity contribution in [3.63, 3.8) is 0 Å². The molecular formula is C13H11BrN2. The van der Waals surface area contributed by atoms with Crippen molar-refractivity contribution in [2.45, 2.75) is 19.8 Å². The maximum absolute atomic E-state index is 9.09. The Morgan fingerprint density at radius 3 is 2.75 bits per heavy atom. The summed E-state index contributed by atoms with van der Waals surface area (Å²) in [4.78, 5) is 4.29. The Bertz CT molecular complexity index is 582. The molecule has 0 aliphatic rings. The second-order valence-electron chi connectivity index (χ2n) is 4.01. The lowest BCUT2D eigenvalue weighted by atomic mass is 9.95. The molecule has 0 aliphatic carbocycles. The molecule has 0 amide bonds. The zero-order chi connectivity index (χ0) is 11.7. The van der Waals surface area contributed by atoms with Gasteiger partial charge < -0.3 is 0 Å². The molecule has 0 aliphatic heterocycles. The minimum Gasteiger partial charge on any atom is -0.255 e. The fraction of sp³-hybridized carbons (Fsp3) is 0.231. The van der Waals surface area contributed by atoms with Gasteiger partial charge in [-0.05, 0) is 29.7 Å². The molecule has 0 fully saturated rings. The minimum atomic E-state index is 0.314. The Morgan fingerprint density at radius 1 is 1.38 bits per heavy atom. The predicted octanol–water partition coefficient (Wildman–Crippen LogP) is 3.99. The topological polar surface area (TPSA) is 36.7 Å². The van der Waals surface area contributed by atoms with Crippen LogP contribution in [0, 0.1) is 11.3 Å². The van der Waals surface area contributed by atoms with Crippen LogP contribution in [0.25, 0.3) is 10.9 Å². The van der Waals surface area contributed by atoms with Crippen molar-refractivity contribution in [3.8, 4) is 6.07 Å². The maximum Gasteiger partial charge on any atom is 0.101 e. The number of aromatic nitrogens is 1. The summed E-state index contributed by atoms with van der Waals surface area (Å²) in [6.07, 6.45) is 1.66. The average Bonchev–Trinajstić information content (AvgIpc) is 2.26. The summed E-state index contributed by atoms with van der Waals surface area (Å²) in [6, 6.07) is 8.17. The van der Waals surface area contributed by atoms with Gasteiger partial charge in [0.1, 0.15) is 6.07 Å². The van der Waals surface area contributed by atoms with E-state index in [1.807, 2.05) is 18.2 Å². The molecule has 0 saturated carbocycles. The molecule has 0 radical (unpaired) electrons. The number of fused-ring (bicyclic) bond motifs is 1. The lowest BCUT2D eigenvalue weighted by molar-refractivity contribution is 0.870. The number of benzene rings is 1. The van der Waals surface area contributed by atoms with Gasteiger partial charge in [0.2, 0.25) is 0 Å². The van der Waals surface area contributed by atoms with Gasteiger partial charge in [0, 0.05) is 16.1 Å². The Balaban J connectivity index is 2.88. The molecule has 1 aromatic heterocycles. The van der Waals surface area contributed by atoms with Crippen LogP contribution in [0.4, 0.5) is 0 Å². The number of rotatable bonds is 1. The molecule has 1 aromatic carbocycles. The molecule has 0 atom stereocenters. The van der Waals surface area contributed by atoms with Crippen LogP contribution in [0.2, 0.25) is 0 Å². The summed E-state index contributed by atoms with van der Waals surface area (Å²) in [5.41, 5.74) is 2.68. The van der Waals surface area contributed by atoms with Crippen LogP contribution in [-0.2, 0) is 0 Å². The Morgan fingerprint density at radius 2 is 2.12 bits per heavy atom. The van der Waals surface area contributed by atoms with Gasteiger partial charge >= 0.3 is 0 Å². The van der Waals surface area contributed by atoms with E-state index < -0.39 is 0 Å². The number of halogens is 1. The molecule has 80 valence electrons. The second kappa shape index (κ2) is 4.23. The third kappa shape index (κ3) is 1.81. The number of pyridine rings is 1. The predicted molar refractivity (Wildman–Crippen MR) is 68.2 cm³/mol. The third-order valence-electron chi connectivity index (χ3n) is 2.57. The van der Waals surface area contributed by atoms with E-state index in [2.05, 4.69) is 40.8 Å². The normalized spacial score (nSPS) is 10.7. The van der Waals surface area contributed by atoms with Gasteiger partial charge in [-0.1, -0.05) is 29.8 Å². The number of nitriles is 1. The first-order valence-electron chi connectivity index (χ1n) is 5.11. The number of hydrogen-bond donors (Lipinski definition) is 0. The molecule has 2 nitrogen and oxygen atoms in total. The zero-order valence-corrected chi connectivity index (χ0v) is 10.7. The quantitative estimate of drug-likeness (QED) is 0.788. The van der Waals surface area contributed by atoms with Crippen LogP contribution in [0.3, 0.4) is 0 Å². The summed E-state index contributed by atoms with van der Waals surface area (Å²) in [5, 5.41) is 10.2. The first kappa shape index (κ1) is 11.1. The van der Waals surface area contributed by atoms with Crippen molar-refractivity contribution in [3.05, 3.63) is 40.0 Å². The van der Waals surface area contributed by atoms with Gasteiger partial charge in [0.15, 0.2) is 0 Å². The summed E-state index contributed by atoms with van der Waals surface area (Å²) in [6.45, 7) is 4.19. The largest absolute Gasteiger partial charge is 0.255 e. The zero-order valence-electron chi connectivity index (χ0n) is 9.16. The van der Waals surface area contributed by atoms with Crippen LogP contribution in [-0.4, -0.2) is 4.98 Å². The molecule has 2 rings (SSSR count). The van der Waals surface area contributed by atoms with E-state index in [4.69, 9.17) is 5.26 Å². The van der Waals surface area contributed by atoms with E-state index in [-0.39, 0.29) is 0 Å². The lowest BCUT2D eigenvalue weighted by Gasteiger charge is -2.11. The van der Waals surface area contributed by atoms with Crippen molar-refractivity contribution in [1.82, 2.24) is 4.98 Å². The molecular weight excluding hydrogens is 264 g/mol. The molecule has 0 bridgehead atoms. The van der Waals surface area contributed by atoms with Gasteiger partial charge in [0.25, 0.3) is 0 Å². The van der Waals surface area contributed by atoms with Gasteiger partial charge in [-0.15, -0.1) is 0 Å². The van der Waals surface area contributed by atoms with E-state index >= 15 is 0 Å². The highest BCUT2D eigenvalue weighted by molar-refractivity contribution is 9.10. The molecule has 3 heteroatoms. The van der Waals surface area contributed by atoms with E-state index in [1.54, 1.807) is 6.20 Å². The van der Waals surface area contributed by atoms with Crippen molar-refractivity contribution >= 4 is 26.8 Å². The van der Waals surface area contributed by atoms with E-state index in [0.29, 0.717) is 11.5 Å². The fourth-order valence-corrected chi connectivity index (χ4v) is 2.26. The summed E-state index contributed by atoms with van der Waals surface area (Å²) >= 11 is 3.45. The number of hydrogen-bond acceptors (Lipinski definition) is 2. The fourth-order valence-electron chi connectivity index (χ4n) is 1.90. The highest BCUT2D eigenvalue weighted by Crippen LogP contribution is 2.29. The summed E-state index contributed by atoms with van der Waals surface area (Å²) in [7, 11) is 0. The van der Waals surface area contributed by atoms with E-state index in [9.17, 15) is 0 Å². The monoisotopic (exact) mass is 274 g/mol. The van der Waals surface area contributed by atoms with Gasteiger partial charge in [-0.3, -0.25) is 4.98 Å². The van der Waals surface area contributed by atoms with Crippen LogP contribution >= 0.6 is 15.9 Å². The summed E-state index contributed by atoms with van der Waals surface area (Å²) in [5.74, 6) is 0.314. The van der Waals surface area contributed by atoms with Crippen molar-refractivity contribution < 1.29 is 0 Å². The number of nitrogens with zero attached hydrogens (tertiary/aromatic N) is 2. The third-order valence-corrected chi connectivity index (χ3v) is 3.06. The highest BCUT2D eigenvalue weighted by atomic mass is 79.9. The van der Waals surface area contributed by atoms with Crippen LogP contribution in [0.5, 0.6) is 0 Å². The average molecular weight is 275 g/mol. The van der Waals surface area contributed by atoms with Crippen molar-refractivity contribution in [2.24, 2.45) is 0 Å². The minimum absolute atomic E-state index is 0.314. The molecule has 0 saturated heterocycles. The smallest absolute Gasteiger partial charge is 0.101 e. The SMILES string of the molecule is CC(C)c1c(C#N)cnc2ccc(Br)cc12. The summed E-state index contributed by atoms with van der Waals surface area (Å²) < 4.78 is 1.01. The maximum atomic E-state index is 9.09. The Hall–Kier alpha value is -1.40. The lowest BCUT2D eigenvalue weighted by Crippen LogP contribution is -1.96. The highest BCUT2D eigenvalue weighted by Gasteiger charge is 2.12. The van der Waals surface area contributed by atoms with Gasteiger partial charge in [-0.25, -0.2) is 0 Å². The van der Waals surface area contributed by atoms with Crippen LogP contribution in [0.1, 0.15) is 30.9 Å². The van der Waals surface area contributed by atoms with Crippen molar-refractivity contribution in [2.75, 3.05) is 0 Å². The molecule has 2 aromatic rings. The van der Waals surface area contributed by atoms with Crippen molar-refractivity contribution in [1.29, 1.82) is 5.26 Å². The molecule has 0 spiro atoms. The molecule has 0 N–H and O–H groups in total. The second-order valence-corrected chi connectivity index (χ2v) is 4.93. The van der Waals surface area contributed by atoms with Gasteiger partial charge in [0.05, 0.1) is 11.1 Å². The van der Waals surface area contributed by atoms with Crippen LogP contribution in [0.15, 0.2) is 28.9 Å². The Labute approximate surface area is 103 Å². The van der Waals surface area contributed by atoms with Gasteiger partial charge in [-0.2, -0.15) is 5.26 Å². The first-order chi connectivity index (χ1) is 7.63. The Kier molecular flexibility index (Phi) is 2.93. The molecule has 1 heterocycles. The first-order valence-corrected chi connectivity index (χ1v) is 5.91.